The second kappa shape index (κ2) is 11.3. The largest absolute Gasteiger partial charge is 0.488 e. The van der Waals surface area contributed by atoms with Gasteiger partial charge in [0.2, 0.25) is 0 Å². The van der Waals surface area contributed by atoms with Crippen LogP contribution in [0.5, 0.6) is 5.75 Å². The monoisotopic (exact) mass is 529 g/mol. The van der Waals surface area contributed by atoms with Crippen LogP contribution in [0.4, 0.5) is 13.2 Å². The summed E-state index contributed by atoms with van der Waals surface area (Å²) in [6.07, 6.45) is 2.19. The number of aromatic nitrogens is 1. The van der Waals surface area contributed by atoms with E-state index in [4.69, 9.17) is 9.47 Å². The zero-order chi connectivity index (χ0) is 26.9. The molecule has 0 radical (unpaired) electrons. The molecule has 4 heterocycles. The Labute approximate surface area is 222 Å². The molecule has 1 aromatic heterocycles. The number of hydrogen-bond acceptors (Lipinski definition) is 4. The van der Waals surface area contributed by atoms with E-state index in [0.717, 1.165) is 58.3 Å². The maximum Gasteiger partial charge on any atom is 0.129 e. The van der Waals surface area contributed by atoms with E-state index >= 15 is 0 Å². The summed E-state index contributed by atoms with van der Waals surface area (Å²) in [6, 6.07) is 12.1. The van der Waals surface area contributed by atoms with E-state index in [1.807, 2.05) is 0 Å². The fraction of sp³-hybridized carbons (Fsp3) is 0.533. The van der Waals surface area contributed by atoms with Crippen molar-refractivity contribution < 1.29 is 22.6 Å². The number of alkyl halides is 1. The zero-order valence-corrected chi connectivity index (χ0v) is 22.5. The number of likely N-dealkylation sites (tertiary alicyclic amines) is 1. The van der Waals surface area contributed by atoms with Crippen molar-refractivity contribution in [1.82, 2.24) is 14.8 Å². The average Bonchev–Trinajstić information content (AvgIpc) is 3.12. The lowest BCUT2D eigenvalue weighted by molar-refractivity contribution is -0.0485. The Hall–Kier alpha value is -2.55. The summed E-state index contributed by atoms with van der Waals surface area (Å²) >= 11 is 0. The number of nitrogens with one attached hydrogen (secondary N) is 1. The molecule has 5 nitrogen and oxygen atoms in total. The van der Waals surface area contributed by atoms with Crippen LogP contribution >= 0.6 is 0 Å². The van der Waals surface area contributed by atoms with Crippen molar-refractivity contribution >= 4 is 10.9 Å². The Morgan fingerprint density at radius 2 is 1.79 bits per heavy atom. The second-order valence-corrected chi connectivity index (χ2v) is 11.6. The van der Waals surface area contributed by atoms with E-state index in [1.165, 1.54) is 34.3 Å². The Kier molecular flexibility index (Phi) is 8.03. The molecule has 3 aliphatic heterocycles. The maximum absolute atomic E-state index is 13.9. The van der Waals surface area contributed by atoms with E-state index < -0.39 is 17.3 Å². The third kappa shape index (κ3) is 6.71. The van der Waals surface area contributed by atoms with E-state index in [0.29, 0.717) is 18.5 Å². The fourth-order valence-electron chi connectivity index (χ4n) is 5.49. The number of fused-ring (bicyclic) bond motifs is 3. The molecule has 206 valence electrons. The second-order valence-electron chi connectivity index (χ2n) is 11.6. The van der Waals surface area contributed by atoms with Crippen LogP contribution in [0.1, 0.15) is 38.4 Å². The highest BCUT2D eigenvalue weighted by molar-refractivity contribution is 5.84. The van der Waals surface area contributed by atoms with Crippen molar-refractivity contribution in [3.05, 3.63) is 65.4 Å². The summed E-state index contributed by atoms with van der Waals surface area (Å²) in [4.78, 5) is 8.01. The summed E-state index contributed by atoms with van der Waals surface area (Å²) in [7, 11) is 0. The van der Waals surface area contributed by atoms with Gasteiger partial charge in [0.05, 0.1) is 13.2 Å². The topological polar surface area (TPSA) is 40.7 Å². The molecule has 1 N–H and O–H groups in total. The van der Waals surface area contributed by atoms with Crippen molar-refractivity contribution in [2.75, 3.05) is 39.4 Å². The van der Waals surface area contributed by atoms with Crippen LogP contribution in [0.2, 0.25) is 0 Å². The minimum absolute atomic E-state index is 0.0406. The summed E-state index contributed by atoms with van der Waals surface area (Å²) in [5, 5.41) is 1.32. The SMILES string of the molecule is C[C@@H]1Cc2c([nH]c3ccccc23)CN1CC(C)(C)F.Fc1cc(F)cc(OC2CN(CCC3COC3)C2)c1. The summed E-state index contributed by atoms with van der Waals surface area (Å²) in [5.74, 6) is -0.223. The molecule has 0 bridgehead atoms. The van der Waals surface area contributed by atoms with E-state index in [9.17, 15) is 13.2 Å². The third-order valence-corrected chi connectivity index (χ3v) is 7.59. The Balaban J connectivity index is 0.000000155. The number of nitrogens with zero attached hydrogens (tertiary/aromatic N) is 2. The number of H-pyrrole nitrogens is 1. The van der Waals surface area contributed by atoms with Crippen molar-refractivity contribution in [2.24, 2.45) is 5.92 Å². The Bertz CT molecular complexity index is 1210. The Morgan fingerprint density at radius 3 is 2.45 bits per heavy atom. The number of para-hydroxylation sites is 1. The van der Waals surface area contributed by atoms with Gasteiger partial charge in [-0.05, 0) is 51.8 Å². The first-order valence-electron chi connectivity index (χ1n) is 13.6. The molecular formula is C30H38F3N3O2. The van der Waals surface area contributed by atoms with Gasteiger partial charge in [-0.25, -0.2) is 13.2 Å². The molecule has 2 fully saturated rings. The van der Waals surface area contributed by atoms with Crippen molar-refractivity contribution in [3.63, 3.8) is 0 Å². The highest BCUT2D eigenvalue weighted by Crippen LogP contribution is 2.31. The number of halogens is 3. The van der Waals surface area contributed by atoms with Crippen LogP contribution in [-0.2, 0) is 17.7 Å². The van der Waals surface area contributed by atoms with Crippen molar-refractivity contribution in [2.45, 2.75) is 58.0 Å². The number of aromatic amines is 1. The molecule has 2 saturated heterocycles. The van der Waals surface area contributed by atoms with Crippen LogP contribution in [0.25, 0.3) is 10.9 Å². The van der Waals surface area contributed by atoms with E-state index in [-0.39, 0.29) is 11.9 Å². The van der Waals surface area contributed by atoms with Crippen LogP contribution in [0.3, 0.4) is 0 Å². The highest BCUT2D eigenvalue weighted by atomic mass is 19.1. The molecule has 0 unspecified atom stereocenters. The van der Waals surface area contributed by atoms with Crippen LogP contribution < -0.4 is 4.74 Å². The first-order valence-corrected chi connectivity index (χ1v) is 13.6. The fourth-order valence-corrected chi connectivity index (χ4v) is 5.49. The average molecular weight is 530 g/mol. The predicted molar refractivity (Wildman–Crippen MR) is 143 cm³/mol. The molecule has 2 aromatic carbocycles. The number of rotatable bonds is 7. The standard InChI is InChI=1S/C16H21FN2.C14H17F2NO2/c1-11-8-13-12-6-4-5-7-14(12)18-15(13)9-19(11)10-16(2,3)17;15-11-3-12(16)5-13(4-11)19-14-6-17(7-14)2-1-10-8-18-9-10/h4-7,11,18H,8-10H2,1-3H3;3-5,10,14H,1-2,6-9H2/t11-;/m1./s1. The lowest BCUT2D eigenvalue weighted by Crippen LogP contribution is -2.54. The maximum atomic E-state index is 13.9. The molecule has 0 spiro atoms. The smallest absolute Gasteiger partial charge is 0.129 e. The van der Waals surface area contributed by atoms with Crippen molar-refractivity contribution in [1.29, 1.82) is 0 Å². The molecule has 0 aliphatic carbocycles. The van der Waals surface area contributed by atoms with Crippen molar-refractivity contribution in [3.8, 4) is 5.75 Å². The lowest BCUT2D eigenvalue weighted by atomic mass is 9.96. The van der Waals surface area contributed by atoms with Gasteiger partial charge < -0.3 is 14.5 Å². The van der Waals surface area contributed by atoms with Crippen LogP contribution in [0.15, 0.2) is 42.5 Å². The summed E-state index contributed by atoms with van der Waals surface area (Å²) in [6.45, 7) is 11.3. The van der Waals surface area contributed by atoms with Gasteiger partial charge in [0.25, 0.3) is 0 Å². The van der Waals surface area contributed by atoms with Gasteiger partial charge in [-0.15, -0.1) is 0 Å². The van der Waals surface area contributed by atoms with E-state index in [2.05, 4.69) is 46.0 Å². The van der Waals surface area contributed by atoms with Gasteiger partial charge in [0.15, 0.2) is 0 Å². The molecule has 6 rings (SSSR count). The van der Waals surface area contributed by atoms with Crippen LogP contribution in [0, 0.1) is 17.6 Å². The van der Waals surface area contributed by atoms with Gasteiger partial charge in [-0.2, -0.15) is 0 Å². The normalized spacial score (nSPS) is 20.8. The van der Waals surface area contributed by atoms with Gasteiger partial charge >= 0.3 is 0 Å². The van der Waals surface area contributed by atoms with Gasteiger partial charge in [0.1, 0.15) is 29.2 Å². The Morgan fingerprint density at radius 1 is 1.08 bits per heavy atom. The molecule has 0 amide bonds. The van der Waals surface area contributed by atoms with Gasteiger partial charge in [-0.1, -0.05) is 18.2 Å². The van der Waals surface area contributed by atoms with Crippen LogP contribution in [-0.4, -0.2) is 72.0 Å². The number of benzene rings is 2. The quantitative estimate of drug-likeness (QED) is 0.425. The summed E-state index contributed by atoms with van der Waals surface area (Å²) in [5.41, 5.74) is 2.72. The molecule has 3 aliphatic rings. The minimum atomic E-state index is -1.14. The zero-order valence-electron chi connectivity index (χ0n) is 22.5. The minimum Gasteiger partial charge on any atom is -0.488 e. The molecule has 8 heteroatoms. The number of hydrogen-bond donors (Lipinski definition) is 1. The lowest BCUT2D eigenvalue weighted by Gasteiger charge is -2.40. The molecule has 38 heavy (non-hydrogen) atoms. The highest BCUT2D eigenvalue weighted by Gasteiger charge is 2.31. The molecule has 3 aromatic rings. The molecule has 0 saturated carbocycles. The molecular weight excluding hydrogens is 491 g/mol. The third-order valence-electron chi connectivity index (χ3n) is 7.59. The van der Waals surface area contributed by atoms with Gasteiger partial charge in [0, 0.05) is 72.9 Å². The molecule has 1 atom stereocenters. The first kappa shape index (κ1) is 27.0. The number of ether oxygens (including phenoxy) is 2. The summed E-state index contributed by atoms with van der Waals surface area (Å²) < 4.78 is 50.5. The predicted octanol–water partition coefficient (Wildman–Crippen LogP) is 5.73. The van der Waals surface area contributed by atoms with Gasteiger partial charge in [-0.3, -0.25) is 9.80 Å². The van der Waals surface area contributed by atoms with E-state index in [1.54, 1.807) is 13.8 Å². The first-order chi connectivity index (χ1) is 18.1.